The van der Waals surface area contributed by atoms with E-state index in [1.165, 1.54) is 0 Å². The van der Waals surface area contributed by atoms with Crippen molar-refractivity contribution >= 4 is 17.5 Å². The molecule has 2 aromatic heterocycles. The van der Waals surface area contributed by atoms with Gasteiger partial charge >= 0.3 is 0 Å². The Bertz CT molecular complexity index is 1600. The number of hydrogen-bond acceptors (Lipinski definition) is 5. The van der Waals surface area contributed by atoms with E-state index in [2.05, 4.69) is 11.1 Å². The Morgan fingerprint density at radius 3 is 2.44 bits per heavy atom. The standard InChI is InChI=1S/C35H37N5O3/c36-21-26-13-15-27(16-14-26)23-39-25-37-22-29(39)24-40(34(41)28-9-3-1-4-10-28)31-12-6-5-11-30(31)32-17-18-33(43-32)35(42)38-19-7-2-8-20-38/h5-6,11-18,22,25,28H,1-4,7-10,19-20,23-24H2. The predicted octanol–water partition coefficient (Wildman–Crippen LogP) is 6.80. The van der Waals surface area contributed by atoms with Crippen molar-refractivity contribution in [2.75, 3.05) is 18.0 Å². The van der Waals surface area contributed by atoms with Crippen molar-refractivity contribution in [1.29, 1.82) is 5.26 Å². The number of carbonyl (C=O) groups excluding carboxylic acids is 2. The van der Waals surface area contributed by atoms with E-state index in [-0.39, 0.29) is 17.7 Å². The zero-order valence-corrected chi connectivity index (χ0v) is 24.5. The van der Waals surface area contributed by atoms with Gasteiger partial charge in [-0.3, -0.25) is 9.59 Å². The lowest BCUT2D eigenvalue weighted by Crippen LogP contribution is -2.37. The minimum atomic E-state index is -0.0785. The average molecular weight is 576 g/mol. The van der Waals surface area contributed by atoms with Crippen LogP contribution in [0.25, 0.3) is 11.3 Å². The molecule has 0 radical (unpaired) electrons. The highest BCUT2D eigenvalue weighted by atomic mass is 16.4. The molecule has 8 heteroatoms. The summed E-state index contributed by atoms with van der Waals surface area (Å²) in [6.07, 6.45) is 11.8. The molecule has 1 saturated heterocycles. The molecule has 2 aromatic carbocycles. The first-order chi connectivity index (χ1) is 21.1. The van der Waals surface area contributed by atoms with E-state index >= 15 is 0 Å². The summed E-state index contributed by atoms with van der Waals surface area (Å²) in [5.41, 5.74) is 4.11. The van der Waals surface area contributed by atoms with Gasteiger partial charge in [0, 0.05) is 37.3 Å². The maximum Gasteiger partial charge on any atom is 0.289 e. The number of likely N-dealkylation sites (tertiary alicyclic amines) is 1. The number of nitrogens with zero attached hydrogens (tertiary/aromatic N) is 5. The quantitative estimate of drug-likeness (QED) is 0.230. The Morgan fingerprint density at radius 2 is 1.67 bits per heavy atom. The van der Waals surface area contributed by atoms with E-state index in [1.807, 2.05) is 75.2 Å². The number of benzene rings is 2. The SMILES string of the molecule is N#Cc1ccc(Cn2cncc2CN(C(=O)C2CCCCC2)c2ccccc2-c2ccc(C(=O)N3CCCCC3)o2)cc1. The zero-order chi connectivity index (χ0) is 29.6. The van der Waals surface area contributed by atoms with Gasteiger partial charge in [-0.15, -0.1) is 0 Å². The van der Waals surface area contributed by atoms with Crippen LogP contribution < -0.4 is 4.90 Å². The van der Waals surface area contributed by atoms with E-state index in [1.54, 1.807) is 12.4 Å². The molecule has 0 bridgehead atoms. The minimum Gasteiger partial charge on any atom is -0.451 e. The molecule has 8 nitrogen and oxygen atoms in total. The number of hydrogen-bond donors (Lipinski definition) is 0. The van der Waals surface area contributed by atoms with Gasteiger partial charge in [-0.2, -0.15) is 5.26 Å². The number of para-hydroxylation sites is 1. The first kappa shape index (κ1) is 28.5. The van der Waals surface area contributed by atoms with Crippen LogP contribution in [0, 0.1) is 17.2 Å². The Labute approximate surface area is 252 Å². The minimum absolute atomic E-state index is 0.0375. The van der Waals surface area contributed by atoms with Gasteiger partial charge in [-0.05, 0) is 74.1 Å². The van der Waals surface area contributed by atoms with Gasteiger partial charge in [0.15, 0.2) is 5.76 Å². The molecule has 1 aliphatic carbocycles. The second kappa shape index (κ2) is 13.1. The predicted molar refractivity (Wildman–Crippen MR) is 164 cm³/mol. The van der Waals surface area contributed by atoms with Gasteiger partial charge in [0.2, 0.25) is 5.91 Å². The number of nitriles is 1. The van der Waals surface area contributed by atoms with Crippen LogP contribution in [0.15, 0.2) is 77.6 Å². The Hall–Kier alpha value is -4.64. The first-order valence-electron chi connectivity index (χ1n) is 15.4. The lowest BCUT2D eigenvalue weighted by Gasteiger charge is -2.31. The summed E-state index contributed by atoms with van der Waals surface area (Å²) >= 11 is 0. The van der Waals surface area contributed by atoms with Crippen LogP contribution in [0.2, 0.25) is 0 Å². The van der Waals surface area contributed by atoms with Crippen LogP contribution in [0.3, 0.4) is 0 Å². The van der Waals surface area contributed by atoms with Crippen LogP contribution in [-0.4, -0.2) is 39.4 Å². The normalized spacial score (nSPS) is 15.7. The van der Waals surface area contributed by atoms with E-state index in [4.69, 9.17) is 9.68 Å². The van der Waals surface area contributed by atoms with E-state index in [0.717, 1.165) is 87.0 Å². The fourth-order valence-corrected chi connectivity index (χ4v) is 6.29. The molecule has 0 spiro atoms. The third-order valence-corrected chi connectivity index (χ3v) is 8.70. The number of carbonyl (C=O) groups is 2. The summed E-state index contributed by atoms with van der Waals surface area (Å²) in [7, 11) is 0. The molecule has 1 aliphatic heterocycles. The fraction of sp³-hybridized carbons (Fsp3) is 0.371. The molecule has 3 heterocycles. The van der Waals surface area contributed by atoms with Crippen molar-refractivity contribution in [2.45, 2.75) is 64.5 Å². The molecule has 2 aliphatic rings. The fourth-order valence-electron chi connectivity index (χ4n) is 6.29. The van der Waals surface area contributed by atoms with Crippen molar-refractivity contribution in [3.63, 3.8) is 0 Å². The van der Waals surface area contributed by atoms with Gasteiger partial charge in [-0.1, -0.05) is 43.5 Å². The van der Waals surface area contributed by atoms with Gasteiger partial charge in [0.05, 0.1) is 35.9 Å². The van der Waals surface area contributed by atoms with Gasteiger partial charge in [-0.25, -0.2) is 4.98 Å². The van der Waals surface area contributed by atoms with E-state index < -0.39 is 0 Å². The summed E-state index contributed by atoms with van der Waals surface area (Å²) in [6, 6.07) is 21.1. The third kappa shape index (κ3) is 6.41. The molecular formula is C35H37N5O3. The number of rotatable bonds is 8. The molecule has 220 valence electrons. The monoisotopic (exact) mass is 575 g/mol. The molecule has 2 amide bonds. The molecule has 43 heavy (non-hydrogen) atoms. The topological polar surface area (TPSA) is 95.4 Å². The molecule has 2 fully saturated rings. The lowest BCUT2D eigenvalue weighted by molar-refractivity contribution is -0.123. The smallest absolute Gasteiger partial charge is 0.289 e. The van der Waals surface area contributed by atoms with Crippen LogP contribution in [0.4, 0.5) is 5.69 Å². The summed E-state index contributed by atoms with van der Waals surface area (Å²) in [4.78, 5) is 35.6. The van der Waals surface area contributed by atoms with Crippen LogP contribution in [0.5, 0.6) is 0 Å². The highest BCUT2D eigenvalue weighted by Gasteiger charge is 2.30. The number of amides is 2. The van der Waals surface area contributed by atoms with Gasteiger partial charge in [0.25, 0.3) is 5.91 Å². The molecule has 6 rings (SSSR count). The lowest BCUT2D eigenvalue weighted by atomic mass is 9.88. The number of furan rings is 1. The highest BCUT2D eigenvalue weighted by molar-refractivity contribution is 5.99. The maximum atomic E-state index is 14.2. The number of imidazole rings is 1. The maximum absolute atomic E-state index is 14.2. The first-order valence-corrected chi connectivity index (χ1v) is 15.4. The summed E-state index contributed by atoms with van der Waals surface area (Å²) in [6.45, 7) is 2.44. The third-order valence-electron chi connectivity index (χ3n) is 8.70. The van der Waals surface area contributed by atoms with Crippen molar-refractivity contribution in [1.82, 2.24) is 14.5 Å². The van der Waals surface area contributed by atoms with Crippen LogP contribution in [0.1, 0.15) is 78.7 Å². The van der Waals surface area contributed by atoms with Crippen molar-refractivity contribution < 1.29 is 14.0 Å². The zero-order valence-electron chi connectivity index (χ0n) is 24.5. The van der Waals surface area contributed by atoms with Crippen molar-refractivity contribution in [3.8, 4) is 17.4 Å². The molecule has 0 unspecified atom stereocenters. The number of aromatic nitrogens is 2. The van der Waals surface area contributed by atoms with Crippen molar-refractivity contribution in [2.24, 2.45) is 5.92 Å². The highest BCUT2D eigenvalue weighted by Crippen LogP contribution is 2.36. The Balaban J connectivity index is 1.32. The van der Waals surface area contributed by atoms with Crippen LogP contribution in [-0.2, 0) is 17.9 Å². The number of anilines is 1. The summed E-state index contributed by atoms with van der Waals surface area (Å²) < 4.78 is 8.24. The van der Waals surface area contributed by atoms with E-state index in [0.29, 0.717) is 30.2 Å². The van der Waals surface area contributed by atoms with Crippen LogP contribution >= 0.6 is 0 Å². The molecule has 1 saturated carbocycles. The average Bonchev–Trinajstić information content (AvgIpc) is 3.74. The molecule has 0 atom stereocenters. The Morgan fingerprint density at radius 1 is 0.930 bits per heavy atom. The summed E-state index contributed by atoms with van der Waals surface area (Å²) in [5.74, 6) is 0.894. The van der Waals surface area contributed by atoms with Gasteiger partial charge < -0.3 is 18.8 Å². The second-order valence-corrected chi connectivity index (χ2v) is 11.6. The van der Waals surface area contributed by atoms with Gasteiger partial charge in [0.1, 0.15) is 5.76 Å². The molecule has 0 N–H and O–H groups in total. The van der Waals surface area contributed by atoms with Crippen molar-refractivity contribution in [3.05, 3.63) is 95.8 Å². The largest absolute Gasteiger partial charge is 0.451 e. The second-order valence-electron chi connectivity index (χ2n) is 11.6. The van der Waals surface area contributed by atoms with E-state index in [9.17, 15) is 9.59 Å². The number of piperidine rings is 1. The summed E-state index contributed by atoms with van der Waals surface area (Å²) in [5, 5.41) is 9.16. The molecular weight excluding hydrogens is 538 g/mol. The molecule has 4 aromatic rings. The Kier molecular flexibility index (Phi) is 8.69.